The smallest absolute Gasteiger partial charge is 0.319 e. The van der Waals surface area contributed by atoms with Crippen LogP contribution in [0.1, 0.15) is 24.3 Å². The summed E-state index contributed by atoms with van der Waals surface area (Å²) in [5.41, 5.74) is -0.00227. The number of rotatable bonds is 4. The molecule has 0 spiro atoms. The van der Waals surface area contributed by atoms with Crippen molar-refractivity contribution in [2.45, 2.75) is 29.8 Å². The van der Waals surface area contributed by atoms with Gasteiger partial charge in [-0.15, -0.1) is 0 Å². The Hall–Kier alpha value is -2.02. The lowest BCUT2D eigenvalue weighted by molar-refractivity contribution is -0.831. The third-order valence-corrected chi connectivity index (χ3v) is 3.21. The molecule has 6 nitrogen and oxygen atoms in total. The molecule has 0 radical (unpaired) electrons. The first kappa shape index (κ1) is 13.4. The van der Waals surface area contributed by atoms with Crippen LogP contribution in [0, 0.1) is 5.21 Å². The highest BCUT2D eigenvalue weighted by Crippen LogP contribution is 2.26. The van der Waals surface area contributed by atoms with Gasteiger partial charge in [0.2, 0.25) is 0 Å². The van der Waals surface area contributed by atoms with E-state index in [2.05, 4.69) is 15.1 Å². The van der Waals surface area contributed by atoms with E-state index in [4.69, 9.17) is 0 Å². The molecule has 0 aliphatic rings. The summed E-state index contributed by atoms with van der Waals surface area (Å²) in [7, 11) is 0. The number of aromatic nitrogens is 2. The molecule has 7 heteroatoms. The number of amides is 1. The molecule has 0 aliphatic carbocycles. The zero-order chi connectivity index (χ0) is 13.8. The van der Waals surface area contributed by atoms with Crippen LogP contribution in [0.2, 0.25) is 0 Å². The highest BCUT2D eigenvalue weighted by Gasteiger charge is 2.27. The van der Waals surface area contributed by atoms with Gasteiger partial charge >= 0.3 is 11.6 Å². The summed E-state index contributed by atoms with van der Waals surface area (Å²) in [6.07, 6.45) is 0. The van der Waals surface area contributed by atoms with Gasteiger partial charge in [-0.2, -0.15) is 0 Å². The maximum absolute atomic E-state index is 11.9. The van der Waals surface area contributed by atoms with E-state index in [0.717, 1.165) is 16.7 Å². The Morgan fingerprint density at radius 1 is 1.42 bits per heavy atom. The maximum Gasteiger partial charge on any atom is 0.319 e. The standard InChI is InChI=1S/C12H13N3O3S/c1-8(2)13-11(16)10-12(15(17)18-14-10)19-9-6-4-3-5-7-9/h3-8H,1-2H3,(H,13,16). The van der Waals surface area contributed by atoms with Crippen LogP contribution >= 0.6 is 11.8 Å². The van der Waals surface area contributed by atoms with E-state index in [1.807, 2.05) is 44.2 Å². The number of nitrogens with one attached hydrogen (secondary N) is 1. The molecule has 1 aromatic heterocycles. The molecule has 0 aliphatic heterocycles. The number of carbonyl (C=O) groups is 1. The fraction of sp³-hybridized carbons (Fsp3) is 0.250. The Morgan fingerprint density at radius 3 is 2.74 bits per heavy atom. The van der Waals surface area contributed by atoms with Gasteiger partial charge in [-0.05, 0) is 42.6 Å². The Morgan fingerprint density at radius 2 is 2.11 bits per heavy atom. The van der Waals surface area contributed by atoms with Gasteiger partial charge < -0.3 is 10.5 Å². The van der Waals surface area contributed by atoms with Gasteiger partial charge in [0.05, 0.1) is 5.16 Å². The molecule has 1 N–H and O–H groups in total. The monoisotopic (exact) mass is 279 g/mol. The third-order valence-electron chi connectivity index (χ3n) is 2.17. The van der Waals surface area contributed by atoms with Crippen LogP contribution in [0.15, 0.2) is 44.9 Å². The molecule has 0 atom stereocenters. The molecule has 1 heterocycles. The van der Waals surface area contributed by atoms with Gasteiger partial charge in [-0.1, -0.05) is 18.2 Å². The van der Waals surface area contributed by atoms with Gasteiger partial charge in [0.25, 0.3) is 5.03 Å². The summed E-state index contributed by atoms with van der Waals surface area (Å²) < 4.78 is 4.50. The second-order valence-corrected chi connectivity index (χ2v) is 5.19. The van der Waals surface area contributed by atoms with E-state index in [-0.39, 0.29) is 21.7 Å². The Kier molecular flexibility index (Phi) is 4.06. The fourth-order valence-corrected chi connectivity index (χ4v) is 2.25. The van der Waals surface area contributed by atoms with Crippen molar-refractivity contribution in [3.8, 4) is 0 Å². The minimum absolute atomic E-state index is 0.00227. The Bertz CT molecular complexity index is 569. The molecular weight excluding hydrogens is 266 g/mol. The summed E-state index contributed by atoms with van der Waals surface area (Å²) in [6, 6.07) is 9.19. The van der Waals surface area contributed by atoms with Crippen molar-refractivity contribution in [1.29, 1.82) is 0 Å². The van der Waals surface area contributed by atoms with E-state index in [1.54, 1.807) is 0 Å². The lowest BCUT2D eigenvalue weighted by Crippen LogP contribution is -2.32. The summed E-state index contributed by atoms with van der Waals surface area (Å²) in [4.78, 5) is 13.0. The van der Waals surface area contributed by atoms with Crippen molar-refractivity contribution in [2.75, 3.05) is 0 Å². The number of hydrogen-bond donors (Lipinski definition) is 1. The normalized spacial score (nSPS) is 10.7. The van der Waals surface area contributed by atoms with Crippen LogP contribution in [0.25, 0.3) is 0 Å². The van der Waals surface area contributed by atoms with Gasteiger partial charge in [0.15, 0.2) is 0 Å². The van der Waals surface area contributed by atoms with Crippen LogP contribution in [-0.4, -0.2) is 17.1 Å². The SMILES string of the molecule is CC(C)NC(=O)c1no[n+]([O-])c1Sc1ccccc1. The molecule has 100 valence electrons. The van der Waals surface area contributed by atoms with Crippen LogP contribution in [0.3, 0.4) is 0 Å². The topological polar surface area (TPSA) is 82.1 Å². The van der Waals surface area contributed by atoms with Gasteiger partial charge in [0, 0.05) is 10.9 Å². The second kappa shape index (κ2) is 5.75. The van der Waals surface area contributed by atoms with Crippen molar-refractivity contribution >= 4 is 17.7 Å². The first-order chi connectivity index (χ1) is 9.08. The van der Waals surface area contributed by atoms with Crippen LogP contribution in [0.4, 0.5) is 0 Å². The highest BCUT2D eigenvalue weighted by atomic mass is 32.2. The quantitative estimate of drug-likeness (QED) is 0.859. The Balaban J connectivity index is 2.25. The van der Waals surface area contributed by atoms with Crippen molar-refractivity contribution in [3.05, 3.63) is 41.2 Å². The second-order valence-electron chi connectivity index (χ2n) is 4.13. The van der Waals surface area contributed by atoms with E-state index in [1.165, 1.54) is 0 Å². The fourth-order valence-electron chi connectivity index (χ4n) is 1.40. The lowest BCUT2D eigenvalue weighted by Gasteiger charge is -2.04. The molecule has 2 rings (SSSR count). The number of benzene rings is 1. The Labute approximate surface area is 114 Å². The number of hydrogen-bond acceptors (Lipinski definition) is 5. The predicted octanol–water partition coefficient (Wildman–Crippen LogP) is 1.60. The maximum atomic E-state index is 11.9. The lowest BCUT2D eigenvalue weighted by atomic mass is 10.3. The van der Waals surface area contributed by atoms with E-state index in [0.29, 0.717) is 0 Å². The molecule has 2 aromatic rings. The minimum Gasteiger partial charge on any atom is -0.359 e. The van der Waals surface area contributed by atoms with Crippen molar-refractivity contribution in [2.24, 2.45) is 0 Å². The summed E-state index contributed by atoms with van der Waals surface area (Å²) in [6.45, 7) is 3.65. The van der Waals surface area contributed by atoms with Gasteiger partial charge in [-0.3, -0.25) is 9.42 Å². The first-order valence-corrected chi connectivity index (χ1v) is 6.53. The summed E-state index contributed by atoms with van der Waals surface area (Å²) in [5, 5.41) is 17.8. The van der Waals surface area contributed by atoms with E-state index >= 15 is 0 Å². The molecule has 0 unspecified atom stereocenters. The van der Waals surface area contributed by atoms with E-state index < -0.39 is 5.91 Å². The van der Waals surface area contributed by atoms with Crippen LogP contribution in [-0.2, 0) is 0 Å². The van der Waals surface area contributed by atoms with Gasteiger partial charge in [0.1, 0.15) is 0 Å². The van der Waals surface area contributed by atoms with E-state index in [9.17, 15) is 10.0 Å². The molecule has 0 fully saturated rings. The van der Waals surface area contributed by atoms with Crippen molar-refractivity contribution in [3.63, 3.8) is 0 Å². The summed E-state index contributed by atoms with van der Waals surface area (Å²) >= 11 is 1.14. The molecule has 1 amide bonds. The van der Waals surface area contributed by atoms with Crippen LogP contribution < -0.4 is 10.2 Å². The largest absolute Gasteiger partial charge is 0.359 e. The molecule has 19 heavy (non-hydrogen) atoms. The van der Waals surface area contributed by atoms with Crippen molar-refractivity contribution < 1.29 is 14.3 Å². The molecular formula is C12H13N3O3S. The zero-order valence-electron chi connectivity index (χ0n) is 10.5. The molecule has 0 saturated carbocycles. The average Bonchev–Trinajstić information content (AvgIpc) is 2.72. The molecule has 0 bridgehead atoms. The number of nitrogens with zero attached hydrogens (tertiary/aromatic N) is 2. The predicted molar refractivity (Wildman–Crippen MR) is 68.6 cm³/mol. The third kappa shape index (κ3) is 3.25. The molecule has 0 saturated heterocycles. The summed E-state index contributed by atoms with van der Waals surface area (Å²) in [5.74, 6) is -0.424. The van der Waals surface area contributed by atoms with Crippen molar-refractivity contribution in [1.82, 2.24) is 10.5 Å². The van der Waals surface area contributed by atoms with Crippen LogP contribution in [0.5, 0.6) is 0 Å². The molecule has 1 aromatic carbocycles. The first-order valence-electron chi connectivity index (χ1n) is 5.71. The van der Waals surface area contributed by atoms with Gasteiger partial charge in [-0.25, -0.2) is 0 Å². The minimum atomic E-state index is -0.424. The highest BCUT2D eigenvalue weighted by molar-refractivity contribution is 7.99. The zero-order valence-corrected chi connectivity index (χ0v) is 11.3. The average molecular weight is 279 g/mol. The number of carbonyl (C=O) groups excluding carboxylic acids is 1.